The first-order chi connectivity index (χ1) is 6.33. The van der Waals surface area contributed by atoms with Gasteiger partial charge in [0.05, 0.1) is 13.2 Å². The van der Waals surface area contributed by atoms with Gasteiger partial charge in [-0.25, -0.2) is 0 Å². The highest BCUT2D eigenvalue weighted by molar-refractivity contribution is 5.69. The molecule has 1 N–H and O–H groups in total. The maximum Gasteiger partial charge on any atom is 0.306 e. The molecule has 0 aromatic rings. The summed E-state index contributed by atoms with van der Waals surface area (Å²) in [4.78, 5) is 11.2. The van der Waals surface area contributed by atoms with Crippen LogP contribution in [0.5, 0.6) is 0 Å². The van der Waals surface area contributed by atoms with Gasteiger partial charge in [0.1, 0.15) is 6.10 Å². The number of carbonyl (C=O) groups is 1. The number of esters is 1. The quantitative estimate of drug-likeness (QED) is 0.497. The summed E-state index contributed by atoms with van der Waals surface area (Å²) in [7, 11) is 1.87. The van der Waals surface area contributed by atoms with E-state index in [2.05, 4.69) is 5.32 Å². The van der Waals surface area contributed by atoms with E-state index in [4.69, 9.17) is 9.47 Å². The third-order valence-electron chi connectivity index (χ3n) is 1.99. The average molecular weight is 187 g/mol. The minimum atomic E-state index is -0.106. The van der Waals surface area contributed by atoms with E-state index < -0.39 is 0 Å². The van der Waals surface area contributed by atoms with Gasteiger partial charge >= 0.3 is 5.97 Å². The van der Waals surface area contributed by atoms with Crippen LogP contribution < -0.4 is 5.32 Å². The van der Waals surface area contributed by atoms with Gasteiger partial charge in [-0.05, 0) is 20.0 Å². The molecule has 0 aliphatic carbocycles. The molecular weight excluding hydrogens is 170 g/mol. The molecule has 0 aromatic carbocycles. The van der Waals surface area contributed by atoms with Crippen LogP contribution in [-0.4, -0.2) is 38.9 Å². The molecule has 4 heteroatoms. The van der Waals surface area contributed by atoms with Crippen LogP contribution in [0.1, 0.15) is 19.3 Å². The van der Waals surface area contributed by atoms with Crippen molar-refractivity contribution in [3.8, 4) is 0 Å². The zero-order chi connectivity index (χ0) is 9.52. The molecule has 4 nitrogen and oxygen atoms in total. The van der Waals surface area contributed by atoms with E-state index in [1.165, 1.54) is 0 Å². The summed E-state index contributed by atoms with van der Waals surface area (Å²) in [6, 6.07) is 0. The van der Waals surface area contributed by atoms with Gasteiger partial charge in [-0.2, -0.15) is 0 Å². The largest absolute Gasteiger partial charge is 0.460 e. The average Bonchev–Trinajstić information content (AvgIpc) is 2.57. The molecule has 1 saturated heterocycles. The Kier molecular flexibility index (Phi) is 4.78. The highest BCUT2D eigenvalue weighted by Crippen LogP contribution is 2.09. The van der Waals surface area contributed by atoms with Crippen molar-refractivity contribution in [2.45, 2.75) is 25.4 Å². The van der Waals surface area contributed by atoms with Crippen molar-refractivity contribution in [1.82, 2.24) is 5.32 Å². The molecule has 1 aliphatic rings. The Morgan fingerprint density at radius 2 is 2.54 bits per heavy atom. The molecule has 0 spiro atoms. The molecular formula is C9H17NO3. The fraction of sp³-hybridized carbons (Fsp3) is 0.889. The zero-order valence-electron chi connectivity index (χ0n) is 8.04. The van der Waals surface area contributed by atoms with E-state index in [9.17, 15) is 4.79 Å². The lowest BCUT2D eigenvalue weighted by Crippen LogP contribution is -2.19. The first-order valence-corrected chi connectivity index (χ1v) is 4.74. The van der Waals surface area contributed by atoms with Crippen molar-refractivity contribution in [3.63, 3.8) is 0 Å². The molecule has 0 amide bonds. The molecule has 0 radical (unpaired) electrons. The summed E-state index contributed by atoms with van der Waals surface area (Å²) in [5.74, 6) is -0.106. The Bertz CT molecular complexity index is 155. The summed E-state index contributed by atoms with van der Waals surface area (Å²) in [6.45, 7) is 2.14. The van der Waals surface area contributed by atoms with E-state index in [1.54, 1.807) is 0 Å². The van der Waals surface area contributed by atoms with Gasteiger partial charge < -0.3 is 14.8 Å². The Labute approximate surface area is 78.6 Å². The number of ether oxygens (including phenoxy) is 2. The van der Waals surface area contributed by atoms with Gasteiger partial charge in [0.15, 0.2) is 0 Å². The lowest BCUT2D eigenvalue weighted by atomic mass is 10.3. The van der Waals surface area contributed by atoms with E-state index in [0.29, 0.717) is 19.6 Å². The van der Waals surface area contributed by atoms with Gasteiger partial charge in [-0.3, -0.25) is 4.79 Å². The Balaban J connectivity index is 2.02. The molecule has 1 heterocycles. The first kappa shape index (κ1) is 10.5. The fourth-order valence-electron chi connectivity index (χ4n) is 1.26. The van der Waals surface area contributed by atoms with Gasteiger partial charge in [-0.1, -0.05) is 0 Å². The van der Waals surface area contributed by atoms with Gasteiger partial charge in [-0.15, -0.1) is 0 Å². The molecule has 1 atom stereocenters. The van der Waals surface area contributed by atoms with Crippen LogP contribution in [0.15, 0.2) is 0 Å². The van der Waals surface area contributed by atoms with Crippen LogP contribution >= 0.6 is 0 Å². The van der Waals surface area contributed by atoms with Crippen molar-refractivity contribution in [1.29, 1.82) is 0 Å². The van der Waals surface area contributed by atoms with Gasteiger partial charge in [0.2, 0.25) is 0 Å². The molecule has 0 aromatic heterocycles. The second-order valence-electron chi connectivity index (χ2n) is 3.18. The van der Waals surface area contributed by atoms with Crippen molar-refractivity contribution >= 4 is 5.97 Å². The number of carbonyl (C=O) groups excluding carboxylic acids is 1. The van der Waals surface area contributed by atoms with E-state index in [-0.39, 0.29) is 12.1 Å². The predicted molar refractivity (Wildman–Crippen MR) is 48.5 cm³/mol. The fourth-order valence-corrected chi connectivity index (χ4v) is 1.26. The minimum absolute atomic E-state index is 0.00193. The smallest absolute Gasteiger partial charge is 0.306 e. The monoisotopic (exact) mass is 187 g/mol. The lowest BCUT2D eigenvalue weighted by molar-refractivity contribution is -0.149. The maximum absolute atomic E-state index is 11.2. The highest BCUT2D eigenvalue weighted by atomic mass is 16.6. The Morgan fingerprint density at radius 1 is 1.69 bits per heavy atom. The second-order valence-corrected chi connectivity index (χ2v) is 3.18. The molecule has 76 valence electrons. The highest BCUT2D eigenvalue weighted by Gasteiger charge is 2.19. The van der Waals surface area contributed by atoms with Gasteiger partial charge in [0.25, 0.3) is 0 Å². The Hall–Kier alpha value is -0.610. The van der Waals surface area contributed by atoms with Gasteiger partial charge in [0, 0.05) is 12.8 Å². The summed E-state index contributed by atoms with van der Waals surface area (Å²) in [5.41, 5.74) is 0. The molecule has 0 bridgehead atoms. The van der Waals surface area contributed by atoms with E-state index in [0.717, 1.165) is 19.4 Å². The summed E-state index contributed by atoms with van der Waals surface area (Å²) in [6.07, 6.45) is 2.18. The normalized spacial score (nSPS) is 21.8. The van der Waals surface area contributed by atoms with Crippen LogP contribution in [0.4, 0.5) is 0 Å². The Morgan fingerprint density at radius 3 is 3.15 bits per heavy atom. The van der Waals surface area contributed by atoms with Crippen LogP contribution in [0.2, 0.25) is 0 Å². The predicted octanol–water partition coefficient (Wildman–Crippen LogP) is 0.318. The summed E-state index contributed by atoms with van der Waals surface area (Å²) in [5, 5.41) is 2.98. The van der Waals surface area contributed by atoms with Crippen molar-refractivity contribution in [2.24, 2.45) is 0 Å². The van der Waals surface area contributed by atoms with Crippen LogP contribution in [0.25, 0.3) is 0 Å². The molecule has 0 saturated carbocycles. The van der Waals surface area contributed by atoms with Crippen LogP contribution in [0, 0.1) is 0 Å². The number of hydrogen-bond donors (Lipinski definition) is 1. The number of rotatable bonds is 5. The number of nitrogens with one attached hydrogen (secondary N) is 1. The lowest BCUT2D eigenvalue weighted by Gasteiger charge is -2.09. The maximum atomic E-state index is 11.2. The molecule has 1 rings (SSSR count). The molecule has 1 fully saturated rings. The van der Waals surface area contributed by atoms with E-state index >= 15 is 0 Å². The zero-order valence-corrected chi connectivity index (χ0v) is 8.04. The molecule has 13 heavy (non-hydrogen) atoms. The summed E-state index contributed by atoms with van der Waals surface area (Å²) < 4.78 is 10.3. The number of hydrogen-bond acceptors (Lipinski definition) is 4. The van der Waals surface area contributed by atoms with E-state index in [1.807, 2.05) is 7.05 Å². The molecule has 1 unspecified atom stereocenters. The summed E-state index contributed by atoms with van der Waals surface area (Å²) >= 11 is 0. The topological polar surface area (TPSA) is 47.6 Å². The van der Waals surface area contributed by atoms with Crippen molar-refractivity contribution in [3.05, 3.63) is 0 Å². The minimum Gasteiger partial charge on any atom is -0.460 e. The van der Waals surface area contributed by atoms with Crippen molar-refractivity contribution in [2.75, 3.05) is 26.8 Å². The van der Waals surface area contributed by atoms with Crippen LogP contribution in [-0.2, 0) is 14.3 Å². The first-order valence-electron chi connectivity index (χ1n) is 4.74. The van der Waals surface area contributed by atoms with Crippen LogP contribution in [0.3, 0.4) is 0 Å². The standard InChI is InChI=1S/C9H17NO3/c1-10-5-2-3-9(11)13-8-4-6-12-7-8/h8,10H,2-7H2,1H3. The second kappa shape index (κ2) is 5.94. The van der Waals surface area contributed by atoms with Crippen molar-refractivity contribution < 1.29 is 14.3 Å². The third-order valence-corrected chi connectivity index (χ3v) is 1.99. The SMILES string of the molecule is CNCCCC(=O)OC1CCOC1. The third kappa shape index (κ3) is 4.24. The molecule has 1 aliphatic heterocycles.